The number of aryl methyl sites for hydroxylation is 1. The lowest BCUT2D eigenvalue weighted by Gasteiger charge is -2.09. The van der Waals surface area contributed by atoms with Crippen molar-refractivity contribution in [3.05, 3.63) is 29.8 Å². The lowest BCUT2D eigenvalue weighted by atomic mass is 10.1. The Kier molecular flexibility index (Phi) is 7.18. The Bertz CT molecular complexity index is 558. The smallest absolute Gasteiger partial charge is 0.319 e. The summed E-state index contributed by atoms with van der Waals surface area (Å²) in [5.74, 6) is 0.0642. The van der Waals surface area contributed by atoms with Crippen LogP contribution in [-0.2, 0) is 16.4 Å². The molecule has 2 amide bonds. The average Bonchev–Trinajstić information content (AvgIpc) is 2.47. The molecule has 0 saturated heterocycles. The van der Waals surface area contributed by atoms with Gasteiger partial charge in [0.25, 0.3) is 0 Å². The summed E-state index contributed by atoms with van der Waals surface area (Å²) < 4.78 is 24.8. The standard InChI is InChI=1S/C14H23N3O3S/c1-3-12-7-5-8-13(11-12)17-14(18)15-9-6-10-16-21(19,20)4-2/h5,7-8,11,16H,3-4,6,9-10H2,1-2H3,(H2,15,17,18). The molecule has 0 bridgehead atoms. The minimum atomic E-state index is -3.15. The predicted octanol–water partition coefficient (Wildman–Crippen LogP) is 1.70. The Balaban J connectivity index is 2.25. The van der Waals surface area contributed by atoms with E-state index in [1.807, 2.05) is 24.3 Å². The topological polar surface area (TPSA) is 87.3 Å². The zero-order valence-corrected chi connectivity index (χ0v) is 13.3. The molecule has 7 heteroatoms. The first-order chi connectivity index (χ1) is 9.96. The molecule has 0 aliphatic carbocycles. The fourth-order valence-corrected chi connectivity index (χ4v) is 2.32. The lowest BCUT2D eigenvalue weighted by molar-refractivity contribution is 0.252. The van der Waals surface area contributed by atoms with Crippen molar-refractivity contribution in [1.82, 2.24) is 10.0 Å². The van der Waals surface area contributed by atoms with E-state index in [1.54, 1.807) is 6.92 Å². The van der Waals surface area contributed by atoms with Crippen LogP contribution in [0, 0.1) is 0 Å². The van der Waals surface area contributed by atoms with E-state index in [0.29, 0.717) is 19.5 Å². The van der Waals surface area contributed by atoms with Crippen LogP contribution in [0.2, 0.25) is 0 Å². The molecule has 0 unspecified atom stereocenters. The van der Waals surface area contributed by atoms with Crippen LogP contribution >= 0.6 is 0 Å². The number of rotatable bonds is 8. The Morgan fingerprint density at radius 3 is 2.62 bits per heavy atom. The maximum atomic E-state index is 11.7. The molecule has 0 spiro atoms. The molecule has 118 valence electrons. The van der Waals surface area contributed by atoms with Crippen LogP contribution in [0.3, 0.4) is 0 Å². The number of sulfonamides is 1. The molecule has 0 saturated carbocycles. The first-order valence-corrected chi connectivity index (χ1v) is 8.73. The first kappa shape index (κ1) is 17.5. The van der Waals surface area contributed by atoms with E-state index in [0.717, 1.165) is 17.7 Å². The Morgan fingerprint density at radius 1 is 1.19 bits per heavy atom. The quantitative estimate of drug-likeness (QED) is 0.638. The van der Waals surface area contributed by atoms with E-state index in [1.165, 1.54) is 0 Å². The Hall–Kier alpha value is -1.60. The summed E-state index contributed by atoms with van der Waals surface area (Å²) in [6.45, 7) is 4.36. The van der Waals surface area contributed by atoms with Gasteiger partial charge in [0.15, 0.2) is 0 Å². The van der Waals surface area contributed by atoms with E-state index < -0.39 is 10.0 Å². The minimum Gasteiger partial charge on any atom is -0.338 e. The van der Waals surface area contributed by atoms with Gasteiger partial charge in [-0.1, -0.05) is 19.1 Å². The second-order valence-corrected chi connectivity index (χ2v) is 6.68. The molecule has 0 aromatic heterocycles. The highest BCUT2D eigenvalue weighted by atomic mass is 32.2. The third kappa shape index (κ3) is 7.10. The number of anilines is 1. The largest absolute Gasteiger partial charge is 0.338 e. The monoisotopic (exact) mass is 313 g/mol. The van der Waals surface area contributed by atoms with E-state index in [-0.39, 0.29) is 11.8 Å². The minimum absolute atomic E-state index is 0.0642. The number of carbonyl (C=O) groups excluding carboxylic acids is 1. The van der Waals surface area contributed by atoms with Crippen molar-refractivity contribution in [2.75, 3.05) is 24.2 Å². The van der Waals surface area contributed by atoms with E-state index in [2.05, 4.69) is 22.3 Å². The van der Waals surface area contributed by atoms with Crippen molar-refractivity contribution in [2.24, 2.45) is 0 Å². The van der Waals surface area contributed by atoms with Crippen molar-refractivity contribution in [3.63, 3.8) is 0 Å². The molecule has 1 aromatic rings. The molecule has 0 radical (unpaired) electrons. The fraction of sp³-hybridized carbons (Fsp3) is 0.500. The number of hydrogen-bond donors (Lipinski definition) is 3. The summed E-state index contributed by atoms with van der Waals surface area (Å²) in [5, 5.41) is 5.43. The first-order valence-electron chi connectivity index (χ1n) is 7.08. The van der Waals surface area contributed by atoms with E-state index in [9.17, 15) is 13.2 Å². The van der Waals surface area contributed by atoms with Gasteiger partial charge in [0.1, 0.15) is 0 Å². The number of nitrogens with one attached hydrogen (secondary N) is 3. The van der Waals surface area contributed by atoms with Crippen molar-refractivity contribution in [1.29, 1.82) is 0 Å². The number of carbonyl (C=O) groups is 1. The van der Waals surface area contributed by atoms with Gasteiger partial charge in [-0.3, -0.25) is 0 Å². The van der Waals surface area contributed by atoms with Gasteiger partial charge in [0.2, 0.25) is 10.0 Å². The van der Waals surface area contributed by atoms with Gasteiger partial charge in [-0.05, 0) is 37.5 Å². The summed E-state index contributed by atoms with van der Waals surface area (Å²) >= 11 is 0. The van der Waals surface area contributed by atoms with Crippen LogP contribution in [0.25, 0.3) is 0 Å². The summed E-state index contributed by atoms with van der Waals surface area (Å²) in [6.07, 6.45) is 1.45. The van der Waals surface area contributed by atoms with Gasteiger partial charge < -0.3 is 10.6 Å². The highest BCUT2D eigenvalue weighted by Crippen LogP contribution is 2.10. The molecule has 0 aliphatic rings. The van der Waals surface area contributed by atoms with Crippen molar-refractivity contribution >= 4 is 21.7 Å². The van der Waals surface area contributed by atoms with Gasteiger partial charge in [0.05, 0.1) is 5.75 Å². The van der Waals surface area contributed by atoms with Gasteiger partial charge >= 0.3 is 6.03 Å². The number of hydrogen-bond acceptors (Lipinski definition) is 3. The summed E-state index contributed by atoms with van der Waals surface area (Å²) in [7, 11) is -3.15. The van der Waals surface area contributed by atoms with Gasteiger partial charge in [-0.2, -0.15) is 0 Å². The average molecular weight is 313 g/mol. The molecule has 3 N–H and O–H groups in total. The zero-order chi connectivity index (χ0) is 15.7. The van der Waals surface area contributed by atoms with Crippen LogP contribution in [0.4, 0.5) is 10.5 Å². The van der Waals surface area contributed by atoms with Crippen LogP contribution in [0.1, 0.15) is 25.8 Å². The molecule has 0 atom stereocenters. The van der Waals surface area contributed by atoms with Gasteiger partial charge in [0, 0.05) is 18.8 Å². The summed E-state index contributed by atoms with van der Waals surface area (Å²) in [5.41, 5.74) is 1.90. The maximum absolute atomic E-state index is 11.7. The van der Waals surface area contributed by atoms with Crippen molar-refractivity contribution < 1.29 is 13.2 Å². The predicted molar refractivity (Wildman–Crippen MR) is 84.9 cm³/mol. The van der Waals surface area contributed by atoms with E-state index in [4.69, 9.17) is 0 Å². The van der Waals surface area contributed by atoms with Crippen molar-refractivity contribution in [3.8, 4) is 0 Å². The second kappa shape index (κ2) is 8.63. The molecule has 21 heavy (non-hydrogen) atoms. The van der Waals surface area contributed by atoms with Crippen LogP contribution in [0.15, 0.2) is 24.3 Å². The Morgan fingerprint density at radius 2 is 1.95 bits per heavy atom. The maximum Gasteiger partial charge on any atom is 0.319 e. The second-order valence-electron chi connectivity index (χ2n) is 4.59. The summed E-state index contributed by atoms with van der Waals surface area (Å²) in [4.78, 5) is 11.7. The normalized spacial score (nSPS) is 11.1. The number of urea groups is 1. The molecule has 0 aliphatic heterocycles. The van der Waals surface area contributed by atoms with Gasteiger partial charge in [-0.15, -0.1) is 0 Å². The van der Waals surface area contributed by atoms with Crippen LogP contribution in [-0.4, -0.2) is 33.3 Å². The Labute approximate surface area is 126 Å². The molecule has 1 rings (SSSR count). The number of benzene rings is 1. The third-order valence-electron chi connectivity index (χ3n) is 2.93. The molecular weight excluding hydrogens is 290 g/mol. The van der Waals surface area contributed by atoms with Crippen LogP contribution < -0.4 is 15.4 Å². The van der Waals surface area contributed by atoms with Crippen molar-refractivity contribution in [2.45, 2.75) is 26.7 Å². The molecular formula is C14H23N3O3S. The third-order valence-corrected chi connectivity index (χ3v) is 4.34. The molecule has 1 aromatic carbocycles. The fourth-order valence-electron chi connectivity index (χ4n) is 1.66. The lowest BCUT2D eigenvalue weighted by Crippen LogP contribution is -2.32. The SMILES string of the molecule is CCc1cccc(NC(=O)NCCCNS(=O)(=O)CC)c1. The highest BCUT2D eigenvalue weighted by Gasteiger charge is 2.05. The highest BCUT2D eigenvalue weighted by molar-refractivity contribution is 7.89. The zero-order valence-electron chi connectivity index (χ0n) is 12.5. The number of amides is 2. The molecule has 6 nitrogen and oxygen atoms in total. The summed E-state index contributed by atoms with van der Waals surface area (Å²) in [6, 6.07) is 7.36. The van der Waals surface area contributed by atoms with Gasteiger partial charge in [-0.25, -0.2) is 17.9 Å². The molecule has 0 heterocycles. The van der Waals surface area contributed by atoms with E-state index >= 15 is 0 Å². The molecule has 0 fully saturated rings. The van der Waals surface area contributed by atoms with Crippen LogP contribution in [0.5, 0.6) is 0 Å².